The fourth-order valence-corrected chi connectivity index (χ4v) is 4.33. The Morgan fingerprint density at radius 3 is 2.15 bits per heavy atom. The zero-order valence-corrected chi connectivity index (χ0v) is 14.7. The Morgan fingerprint density at radius 1 is 0.962 bits per heavy atom. The molecule has 2 heterocycles. The fourth-order valence-electron chi connectivity index (χ4n) is 2.81. The van der Waals surface area contributed by atoms with Gasteiger partial charge in [-0.2, -0.15) is 17.5 Å². The SMILES string of the molecule is O=S(=O)(Cc1ccccc1)N1CCN(c2ccc(C(F)(F)F)cn2)CC1. The van der Waals surface area contributed by atoms with Crippen molar-refractivity contribution in [1.82, 2.24) is 9.29 Å². The number of sulfonamides is 1. The summed E-state index contributed by atoms with van der Waals surface area (Å²) in [7, 11) is -3.43. The van der Waals surface area contributed by atoms with Crippen LogP contribution in [0.5, 0.6) is 0 Å². The van der Waals surface area contributed by atoms with E-state index < -0.39 is 21.8 Å². The van der Waals surface area contributed by atoms with Gasteiger partial charge in [0.15, 0.2) is 0 Å². The maximum absolute atomic E-state index is 12.6. The van der Waals surface area contributed by atoms with E-state index in [0.717, 1.165) is 17.8 Å². The minimum atomic E-state index is -4.42. The number of hydrogen-bond acceptors (Lipinski definition) is 4. The summed E-state index contributed by atoms with van der Waals surface area (Å²) in [6.07, 6.45) is -3.62. The minimum Gasteiger partial charge on any atom is -0.354 e. The Kier molecular flexibility index (Phi) is 5.19. The molecule has 26 heavy (non-hydrogen) atoms. The van der Waals surface area contributed by atoms with E-state index in [1.54, 1.807) is 29.2 Å². The van der Waals surface area contributed by atoms with Crippen LogP contribution in [0.15, 0.2) is 48.7 Å². The molecule has 0 saturated carbocycles. The fraction of sp³-hybridized carbons (Fsp3) is 0.353. The monoisotopic (exact) mass is 385 g/mol. The van der Waals surface area contributed by atoms with E-state index in [1.165, 1.54) is 10.4 Å². The normalized spacial score (nSPS) is 16.7. The zero-order chi connectivity index (χ0) is 18.8. The van der Waals surface area contributed by atoms with Gasteiger partial charge in [-0.25, -0.2) is 13.4 Å². The van der Waals surface area contributed by atoms with Gasteiger partial charge in [-0.3, -0.25) is 0 Å². The molecule has 0 unspecified atom stereocenters. The molecule has 1 fully saturated rings. The quantitative estimate of drug-likeness (QED) is 0.812. The third-order valence-corrected chi connectivity index (χ3v) is 6.07. The van der Waals surface area contributed by atoms with Gasteiger partial charge in [-0.1, -0.05) is 30.3 Å². The highest BCUT2D eigenvalue weighted by atomic mass is 32.2. The Morgan fingerprint density at radius 2 is 1.62 bits per heavy atom. The molecule has 140 valence electrons. The van der Waals surface area contributed by atoms with Crippen LogP contribution in [0, 0.1) is 0 Å². The van der Waals surface area contributed by atoms with Gasteiger partial charge in [0, 0.05) is 32.4 Å². The first-order valence-electron chi connectivity index (χ1n) is 8.06. The lowest BCUT2D eigenvalue weighted by atomic mass is 10.2. The number of hydrogen-bond donors (Lipinski definition) is 0. The second kappa shape index (κ2) is 7.24. The van der Waals surface area contributed by atoms with Gasteiger partial charge in [-0.05, 0) is 17.7 Å². The molecule has 0 amide bonds. The molecule has 2 aromatic rings. The van der Waals surface area contributed by atoms with E-state index in [4.69, 9.17) is 0 Å². The summed E-state index contributed by atoms with van der Waals surface area (Å²) < 4.78 is 64.2. The van der Waals surface area contributed by atoms with E-state index in [-0.39, 0.29) is 18.8 Å². The molecule has 1 aliphatic rings. The van der Waals surface area contributed by atoms with Crippen molar-refractivity contribution in [1.29, 1.82) is 0 Å². The van der Waals surface area contributed by atoms with Gasteiger partial charge in [0.1, 0.15) is 5.82 Å². The van der Waals surface area contributed by atoms with Gasteiger partial charge < -0.3 is 4.90 Å². The van der Waals surface area contributed by atoms with E-state index in [1.807, 2.05) is 6.07 Å². The predicted molar refractivity (Wildman–Crippen MR) is 92.1 cm³/mol. The van der Waals surface area contributed by atoms with Crippen LogP contribution in [0.25, 0.3) is 0 Å². The summed E-state index contributed by atoms with van der Waals surface area (Å²) in [6.45, 7) is 1.31. The Labute approximate surface area is 150 Å². The van der Waals surface area contributed by atoms with Crippen molar-refractivity contribution in [3.05, 3.63) is 59.8 Å². The van der Waals surface area contributed by atoms with E-state index in [9.17, 15) is 21.6 Å². The van der Waals surface area contributed by atoms with Crippen molar-refractivity contribution in [2.75, 3.05) is 31.1 Å². The first-order valence-corrected chi connectivity index (χ1v) is 9.66. The molecule has 0 radical (unpaired) electrons. The highest BCUT2D eigenvalue weighted by Gasteiger charge is 2.31. The van der Waals surface area contributed by atoms with Gasteiger partial charge >= 0.3 is 6.18 Å². The standard InChI is InChI=1S/C17H18F3N3O2S/c18-17(19,20)15-6-7-16(21-12-15)22-8-10-23(11-9-22)26(24,25)13-14-4-2-1-3-5-14/h1-7,12H,8-11,13H2. The van der Waals surface area contributed by atoms with Crippen molar-refractivity contribution >= 4 is 15.8 Å². The highest BCUT2D eigenvalue weighted by Crippen LogP contribution is 2.29. The van der Waals surface area contributed by atoms with Crippen molar-refractivity contribution in [2.24, 2.45) is 0 Å². The van der Waals surface area contributed by atoms with Crippen molar-refractivity contribution in [3.63, 3.8) is 0 Å². The van der Waals surface area contributed by atoms with Gasteiger partial charge in [0.25, 0.3) is 0 Å². The number of rotatable bonds is 4. The van der Waals surface area contributed by atoms with Crippen LogP contribution in [0.1, 0.15) is 11.1 Å². The van der Waals surface area contributed by atoms with Crippen LogP contribution in [-0.2, 0) is 22.0 Å². The first kappa shape index (κ1) is 18.7. The molecule has 9 heteroatoms. The highest BCUT2D eigenvalue weighted by molar-refractivity contribution is 7.88. The molecule has 0 bridgehead atoms. The molecule has 5 nitrogen and oxygen atoms in total. The molecule has 3 rings (SSSR count). The van der Waals surface area contributed by atoms with Crippen molar-refractivity contribution < 1.29 is 21.6 Å². The molecule has 1 aromatic heterocycles. The van der Waals surface area contributed by atoms with E-state index in [2.05, 4.69) is 4.98 Å². The Balaban J connectivity index is 1.62. The summed E-state index contributed by atoms with van der Waals surface area (Å²) >= 11 is 0. The largest absolute Gasteiger partial charge is 0.417 e. The number of anilines is 1. The second-order valence-electron chi connectivity index (χ2n) is 6.03. The molecule has 0 aliphatic carbocycles. The predicted octanol–water partition coefficient (Wildman–Crippen LogP) is 2.75. The third-order valence-electron chi connectivity index (χ3n) is 4.22. The lowest BCUT2D eigenvalue weighted by molar-refractivity contribution is -0.137. The molecular formula is C17H18F3N3O2S. The van der Waals surface area contributed by atoms with Crippen LogP contribution in [0.2, 0.25) is 0 Å². The Hall–Kier alpha value is -2.13. The van der Waals surface area contributed by atoms with Crippen LogP contribution >= 0.6 is 0 Å². The van der Waals surface area contributed by atoms with E-state index >= 15 is 0 Å². The smallest absolute Gasteiger partial charge is 0.354 e. The first-order chi connectivity index (χ1) is 12.3. The molecular weight excluding hydrogens is 367 g/mol. The van der Waals surface area contributed by atoms with Crippen LogP contribution in [-0.4, -0.2) is 43.9 Å². The number of halogens is 3. The maximum Gasteiger partial charge on any atom is 0.417 e. The summed E-state index contributed by atoms with van der Waals surface area (Å²) in [4.78, 5) is 5.65. The summed E-state index contributed by atoms with van der Waals surface area (Å²) in [6, 6.07) is 11.2. The van der Waals surface area contributed by atoms with Gasteiger partial charge in [-0.15, -0.1) is 0 Å². The van der Waals surface area contributed by atoms with Crippen LogP contribution < -0.4 is 4.90 Å². The van der Waals surface area contributed by atoms with Gasteiger partial charge in [0.05, 0.1) is 11.3 Å². The summed E-state index contributed by atoms with van der Waals surface area (Å²) in [5, 5.41) is 0. The third kappa shape index (κ3) is 4.34. The number of pyridine rings is 1. The van der Waals surface area contributed by atoms with Gasteiger partial charge in [0.2, 0.25) is 10.0 Å². The van der Waals surface area contributed by atoms with Crippen molar-refractivity contribution in [2.45, 2.75) is 11.9 Å². The second-order valence-corrected chi connectivity index (χ2v) is 8.00. The summed E-state index contributed by atoms with van der Waals surface area (Å²) in [5.41, 5.74) is -0.0790. The molecule has 1 aromatic carbocycles. The van der Waals surface area contributed by atoms with Crippen LogP contribution in [0.4, 0.5) is 19.0 Å². The number of aromatic nitrogens is 1. The molecule has 0 N–H and O–H groups in total. The number of piperazine rings is 1. The number of benzene rings is 1. The van der Waals surface area contributed by atoms with E-state index in [0.29, 0.717) is 18.9 Å². The molecule has 1 aliphatic heterocycles. The average Bonchev–Trinajstić information content (AvgIpc) is 2.62. The maximum atomic E-state index is 12.6. The molecule has 0 spiro atoms. The lowest BCUT2D eigenvalue weighted by Crippen LogP contribution is -2.49. The molecule has 0 atom stereocenters. The Bertz CT molecular complexity index is 832. The van der Waals surface area contributed by atoms with Crippen LogP contribution in [0.3, 0.4) is 0 Å². The number of alkyl halides is 3. The minimum absolute atomic E-state index is 0.0631. The lowest BCUT2D eigenvalue weighted by Gasteiger charge is -2.34. The molecule has 1 saturated heterocycles. The topological polar surface area (TPSA) is 53.5 Å². The number of nitrogens with zero attached hydrogens (tertiary/aromatic N) is 3. The zero-order valence-electron chi connectivity index (χ0n) is 13.9. The average molecular weight is 385 g/mol. The summed E-state index contributed by atoms with van der Waals surface area (Å²) in [5.74, 6) is 0.352. The van der Waals surface area contributed by atoms with Crippen molar-refractivity contribution in [3.8, 4) is 0 Å².